The standard InChI is InChI=1S/C29H38N2O6/c1-35-16-6-11-25-9-2-3-10-26(25)19-29(13-14-29)22-36-27-12-5-15-30(20-27)28(32)18-23-7-4-8-24(17-23)21-37-31(33)34/h2-4,7-10,17,27H,5-6,11-16,18-22H2,1H3. The molecule has 2 fully saturated rings. The van der Waals surface area contributed by atoms with Gasteiger partial charge in [-0.1, -0.05) is 48.5 Å². The van der Waals surface area contributed by atoms with Gasteiger partial charge in [-0.2, -0.15) is 0 Å². The van der Waals surface area contributed by atoms with Crippen molar-refractivity contribution < 1.29 is 24.2 Å². The molecule has 1 aliphatic heterocycles. The van der Waals surface area contributed by atoms with E-state index in [9.17, 15) is 14.9 Å². The van der Waals surface area contributed by atoms with Crippen molar-refractivity contribution in [3.05, 3.63) is 80.9 Å². The van der Waals surface area contributed by atoms with E-state index >= 15 is 0 Å². The van der Waals surface area contributed by atoms with Gasteiger partial charge in [-0.15, -0.1) is 10.1 Å². The molecular weight excluding hydrogens is 472 g/mol. The van der Waals surface area contributed by atoms with Gasteiger partial charge in [0.2, 0.25) is 5.91 Å². The molecule has 1 aliphatic carbocycles. The SMILES string of the molecule is COCCCc1ccccc1CC1(COC2CCCN(C(=O)Cc3cccc(CO[N+](=O)[O-])c3)C2)CC1. The molecule has 1 saturated heterocycles. The van der Waals surface area contributed by atoms with Crippen LogP contribution in [0, 0.1) is 15.5 Å². The lowest BCUT2D eigenvalue weighted by Gasteiger charge is -2.34. The fourth-order valence-electron chi connectivity index (χ4n) is 5.17. The van der Waals surface area contributed by atoms with E-state index in [-0.39, 0.29) is 30.5 Å². The van der Waals surface area contributed by atoms with Crippen LogP contribution in [0.4, 0.5) is 0 Å². The number of likely N-dealkylation sites (tertiary alicyclic amines) is 1. The van der Waals surface area contributed by atoms with Crippen LogP contribution in [0.5, 0.6) is 0 Å². The molecular formula is C29H38N2O6. The molecule has 0 spiro atoms. The summed E-state index contributed by atoms with van der Waals surface area (Å²) in [6.07, 6.45) is 7.71. The molecule has 1 heterocycles. The highest BCUT2D eigenvalue weighted by Gasteiger charge is 2.44. The van der Waals surface area contributed by atoms with E-state index in [0.717, 1.165) is 57.4 Å². The molecule has 1 atom stereocenters. The fraction of sp³-hybridized carbons (Fsp3) is 0.552. The van der Waals surface area contributed by atoms with Gasteiger partial charge in [0.05, 0.1) is 19.1 Å². The highest BCUT2D eigenvalue weighted by Crippen LogP contribution is 2.49. The van der Waals surface area contributed by atoms with E-state index < -0.39 is 5.09 Å². The Morgan fingerprint density at radius 1 is 1.14 bits per heavy atom. The third-order valence-electron chi connectivity index (χ3n) is 7.47. The van der Waals surface area contributed by atoms with Gasteiger partial charge in [0.15, 0.2) is 0 Å². The highest BCUT2D eigenvalue weighted by atomic mass is 16.9. The number of rotatable bonds is 14. The largest absolute Gasteiger partial charge is 0.385 e. The van der Waals surface area contributed by atoms with Gasteiger partial charge in [0.1, 0.15) is 6.61 Å². The van der Waals surface area contributed by atoms with Crippen molar-refractivity contribution in [3.63, 3.8) is 0 Å². The molecule has 1 unspecified atom stereocenters. The summed E-state index contributed by atoms with van der Waals surface area (Å²) >= 11 is 0. The molecule has 1 amide bonds. The number of hydrogen-bond donors (Lipinski definition) is 0. The van der Waals surface area contributed by atoms with Gasteiger partial charge in [-0.3, -0.25) is 4.79 Å². The molecule has 0 radical (unpaired) electrons. The van der Waals surface area contributed by atoms with Crippen molar-refractivity contribution in [1.82, 2.24) is 4.90 Å². The Bertz CT molecular complexity index is 1050. The van der Waals surface area contributed by atoms with Gasteiger partial charge in [-0.25, -0.2) is 0 Å². The van der Waals surface area contributed by atoms with Crippen LogP contribution in [0.15, 0.2) is 48.5 Å². The molecule has 4 rings (SSSR count). The second kappa shape index (κ2) is 13.0. The second-order valence-corrected chi connectivity index (χ2v) is 10.5. The molecule has 0 N–H and O–H groups in total. The molecule has 37 heavy (non-hydrogen) atoms. The Labute approximate surface area is 219 Å². The molecule has 200 valence electrons. The maximum atomic E-state index is 13.0. The maximum absolute atomic E-state index is 13.0. The van der Waals surface area contributed by atoms with Gasteiger partial charge in [0.25, 0.3) is 5.09 Å². The van der Waals surface area contributed by atoms with Crippen molar-refractivity contribution in [3.8, 4) is 0 Å². The van der Waals surface area contributed by atoms with E-state index in [1.165, 1.54) is 24.0 Å². The number of piperidine rings is 1. The molecule has 2 aromatic rings. The van der Waals surface area contributed by atoms with Crippen LogP contribution in [0.3, 0.4) is 0 Å². The zero-order chi connectivity index (χ0) is 26.1. The molecule has 0 aromatic heterocycles. The minimum absolute atomic E-state index is 0.0618. The molecule has 1 saturated carbocycles. The Hall–Kier alpha value is -2.97. The minimum Gasteiger partial charge on any atom is -0.385 e. The summed E-state index contributed by atoms with van der Waals surface area (Å²) in [5, 5.41) is 9.65. The molecule has 2 aromatic carbocycles. The van der Waals surface area contributed by atoms with Gasteiger partial charge < -0.3 is 19.2 Å². The molecule has 8 nitrogen and oxygen atoms in total. The van der Waals surface area contributed by atoms with Crippen LogP contribution in [0.2, 0.25) is 0 Å². The number of carbonyl (C=O) groups excluding carboxylic acids is 1. The third-order valence-corrected chi connectivity index (χ3v) is 7.47. The molecule has 0 bridgehead atoms. The average molecular weight is 511 g/mol. The average Bonchev–Trinajstić information content (AvgIpc) is 3.67. The number of carbonyl (C=O) groups is 1. The summed E-state index contributed by atoms with van der Waals surface area (Å²) in [6, 6.07) is 16.0. The topological polar surface area (TPSA) is 91.1 Å². The summed E-state index contributed by atoms with van der Waals surface area (Å²) in [7, 11) is 1.75. The molecule has 2 aliphatic rings. The summed E-state index contributed by atoms with van der Waals surface area (Å²) in [6.45, 7) is 2.76. The first kappa shape index (κ1) is 27.1. The first-order valence-electron chi connectivity index (χ1n) is 13.3. The summed E-state index contributed by atoms with van der Waals surface area (Å²) in [4.78, 5) is 29.8. The number of aryl methyl sites for hydroxylation is 1. The Balaban J connectivity index is 1.26. The van der Waals surface area contributed by atoms with Crippen molar-refractivity contribution >= 4 is 5.91 Å². The Kier molecular flexibility index (Phi) is 9.52. The van der Waals surface area contributed by atoms with Crippen LogP contribution in [0.1, 0.15) is 54.4 Å². The van der Waals surface area contributed by atoms with E-state index in [4.69, 9.17) is 9.47 Å². The van der Waals surface area contributed by atoms with Crippen molar-refractivity contribution in [2.45, 2.75) is 64.1 Å². The smallest absolute Gasteiger partial charge is 0.294 e. The van der Waals surface area contributed by atoms with E-state index in [1.807, 2.05) is 11.0 Å². The van der Waals surface area contributed by atoms with Crippen LogP contribution >= 0.6 is 0 Å². The third kappa shape index (κ3) is 8.27. The summed E-state index contributed by atoms with van der Waals surface area (Å²) in [5.74, 6) is 0.0618. The van der Waals surface area contributed by atoms with Crippen molar-refractivity contribution in [2.75, 3.05) is 33.4 Å². The van der Waals surface area contributed by atoms with Crippen LogP contribution in [0.25, 0.3) is 0 Å². The first-order chi connectivity index (χ1) is 18.0. The van der Waals surface area contributed by atoms with E-state index in [0.29, 0.717) is 12.1 Å². The highest BCUT2D eigenvalue weighted by molar-refractivity contribution is 5.79. The van der Waals surface area contributed by atoms with Crippen LogP contribution in [-0.4, -0.2) is 55.4 Å². The van der Waals surface area contributed by atoms with Crippen molar-refractivity contribution in [1.29, 1.82) is 0 Å². The number of benzene rings is 2. The number of ether oxygens (including phenoxy) is 2. The van der Waals surface area contributed by atoms with E-state index in [2.05, 4.69) is 29.1 Å². The second-order valence-electron chi connectivity index (χ2n) is 10.5. The zero-order valence-electron chi connectivity index (χ0n) is 21.7. The first-order valence-corrected chi connectivity index (χ1v) is 13.3. The maximum Gasteiger partial charge on any atom is 0.294 e. The number of methoxy groups -OCH3 is 1. The van der Waals surface area contributed by atoms with Crippen LogP contribution in [-0.2, 0) is 45.0 Å². The zero-order valence-corrected chi connectivity index (χ0v) is 21.7. The lowest BCUT2D eigenvalue weighted by molar-refractivity contribution is -0.763. The monoisotopic (exact) mass is 510 g/mol. The van der Waals surface area contributed by atoms with Gasteiger partial charge in [-0.05, 0) is 72.6 Å². The predicted molar refractivity (Wildman–Crippen MR) is 139 cm³/mol. The normalized spacial score (nSPS) is 18.4. The van der Waals surface area contributed by atoms with E-state index in [1.54, 1.807) is 25.3 Å². The summed E-state index contributed by atoms with van der Waals surface area (Å²) < 4.78 is 11.7. The minimum atomic E-state index is -0.806. The Morgan fingerprint density at radius 2 is 1.92 bits per heavy atom. The van der Waals surface area contributed by atoms with Gasteiger partial charge >= 0.3 is 0 Å². The molecule has 8 heteroatoms. The predicted octanol–water partition coefficient (Wildman–Crippen LogP) is 4.55. The number of hydrogen-bond acceptors (Lipinski definition) is 6. The lowest BCUT2D eigenvalue weighted by atomic mass is 9.92. The van der Waals surface area contributed by atoms with Crippen molar-refractivity contribution in [2.24, 2.45) is 5.41 Å². The number of nitrogens with zero attached hydrogens (tertiary/aromatic N) is 2. The van der Waals surface area contributed by atoms with Crippen LogP contribution < -0.4 is 0 Å². The van der Waals surface area contributed by atoms with Gasteiger partial charge in [0, 0.05) is 26.8 Å². The summed E-state index contributed by atoms with van der Waals surface area (Å²) in [5.41, 5.74) is 4.56. The quantitative estimate of drug-likeness (QED) is 0.210. The lowest BCUT2D eigenvalue weighted by Crippen LogP contribution is -2.44. The Morgan fingerprint density at radius 3 is 2.68 bits per heavy atom. The number of amides is 1. The fourth-order valence-corrected chi connectivity index (χ4v) is 5.17.